The van der Waals surface area contributed by atoms with Crippen molar-refractivity contribution in [2.75, 3.05) is 6.54 Å². The number of carboxylic acids is 1. The summed E-state index contributed by atoms with van der Waals surface area (Å²) in [5, 5.41) is 28.9. The smallest absolute Gasteiger partial charge is 0.322 e. The lowest BCUT2D eigenvalue weighted by molar-refractivity contribution is -0.137. The molecule has 0 radical (unpaired) electrons. The highest BCUT2D eigenvalue weighted by atomic mass is 16.4. The number of amides is 1. The first-order chi connectivity index (χ1) is 7.99. The summed E-state index contributed by atoms with van der Waals surface area (Å²) in [5.41, 5.74) is 0.686. The molecule has 0 aliphatic heterocycles. The monoisotopic (exact) mass is 239 g/mol. The molecule has 0 bridgehead atoms. The minimum absolute atomic E-state index is 0.123. The number of nitrogens with one attached hydrogen (secondary N) is 1. The van der Waals surface area contributed by atoms with E-state index in [2.05, 4.69) is 5.32 Å². The van der Waals surface area contributed by atoms with Crippen LogP contribution in [0.1, 0.15) is 12.0 Å². The number of carboxylic acid groups (broad SMARTS) is 1. The SMILES string of the molecule is O=C(O)CNC(=O)CCc1ccc(O)c(O)c1. The lowest BCUT2D eigenvalue weighted by Gasteiger charge is -2.04. The molecule has 0 aromatic heterocycles. The van der Waals surface area contributed by atoms with E-state index in [0.29, 0.717) is 12.0 Å². The molecule has 0 atom stereocenters. The molecule has 0 heterocycles. The number of carbonyl (C=O) groups excluding carboxylic acids is 1. The number of carbonyl (C=O) groups is 2. The number of hydrogen-bond donors (Lipinski definition) is 4. The van der Waals surface area contributed by atoms with E-state index in [4.69, 9.17) is 10.2 Å². The highest BCUT2D eigenvalue weighted by molar-refractivity contribution is 5.81. The number of phenols is 2. The molecule has 1 aromatic carbocycles. The number of aryl methyl sites for hydroxylation is 1. The molecule has 0 saturated carbocycles. The van der Waals surface area contributed by atoms with Gasteiger partial charge in [0.25, 0.3) is 0 Å². The molecule has 17 heavy (non-hydrogen) atoms. The summed E-state index contributed by atoms with van der Waals surface area (Å²) in [6.45, 7) is -0.403. The number of aromatic hydroxyl groups is 2. The first-order valence-electron chi connectivity index (χ1n) is 4.98. The van der Waals surface area contributed by atoms with E-state index >= 15 is 0 Å². The first-order valence-corrected chi connectivity index (χ1v) is 4.98. The van der Waals surface area contributed by atoms with E-state index in [1.54, 1.807) is 6.07 Å². The first kappa shape index (κ1) is 12.8. The van der Waals surface area contributed by atoms with Crippen molar-refractivity contribution in [2.24, 2.45) is 0 Å². The van der Waals surface area contributed by atoms with Crippen LogP contribution < -0.4 is 5.32 Å². The quantitative estimate of drug-likeness (QED) is 0.550. The highest BCUT2D eigenvalue weighted by Gasteiger charge is 2.06. The Labute approximate surface area is 97.5 Å². The molecule has 0 fully saturated rings. The molecular formula is C11H13NO5. The molecule has 1 rings (SSSR count). The third-order valence-corrected chi connectivity index (χ3v) is 2.12. The van der Waals surface area contributed by atoms with Crippen LogP contribution in [0.4, 0.5) is 0 Å². The Morgan fingerprint density at radius 1 is 1.18 bits per heavy atom. The molecule has 0 aliphatic rings. The van der Waals surface area contributed by atoms with Crippen LogP contribution in [0.5, 0.6) is 11.5 Å². The predicted octanol–water partition coefficient (Wildman–Crippen LogP) is 0.231. The van der Waals surface area contributed by atoms with Crippen LogP contribution in [0.15, 0.2) is 18.2 Å². The zero-order valence-electron chi connectivity index (χ0n) is 9.01. The Kier molecular flexibility index (Phi) is 4.33. The second-order valence-electron chi connectivity index (χ2n) is 3.49. The Bertz CT molecular complexity index is 430. The van der Waals surface area contributed by atoms with Crippen molar-refractivity contribution in [3.05, 3.63) is 23.8 Å². The second kappa shape index (κ2) is 5.74. The molecule has 6 nitrogen and oxygen atoms in total. The second-order valence-corrected chi connectivity index (χ2v) is 3.49. The lowest BCUT2D eigenvalue weighted by Crippen LogP contribution is -2.29. The van der Waals surface area contributed by atoms with Crippen LogP contribution in [0, 0.1) is 0 Å². The molecule has 0 unspecified atom stereocenters. The van der Waals surface area contributed by atoms with E-state index in [9.17, 15) is 14.7 Å². The molecule has 1 amide bonds. The van der Waals surface area contributed by atoms with E-state index in [-0.39, 0.29) is 23.8 Å². The molecular weight excluding hydrogens is 226 g/mol. The molecule has 0 spiro atoms. The highest BCUT2D eigenvalue weighted by Crippen LogP contribution is 2.25. The summed E-state index contributed by atoms with van der Waals surface area (Å²) in [5.74, 6) is -1.93. The van der Waals surface area contributed by atoms with E-state index in [1.807, 2.05) is 0 Å². The van der Waals surface area contributed by atoms with Gasteiger partial charge in [0.2, 0.25) is 5.91 Å². The van der Waals surface area contributed by atoms with Gasteiger partial charge in [0.1, 0.15) is 6.54 Å². The Morgan fingerprint density at radius 3 is 2.47 bits per heavy atom. The summed E-state index contributed by atoms with van der Waals surface area (Å²) < 4.78 is 0. The minimum atomic E-state index is -1.10. The van der Waals surface area contributed by atoms with Gasteiger partial charge >= 0.3 is 5.97 Å². The number of hydrogen-bond acceptors (Lipinski definition) is 4. The normalized spacial score (nSPS) is 9.88. The molecule has 0 saturated heterocycles. The van der Waals surface area contributed by atoms with Gasteiger partial charge in [0, 0.05) is 6.42 Å². The standard InChI is InChI=1S/C11H13NO5/c13-8-3-1-7(5-9(8)14)2-4-10(15)12-6-11(16)17/h1,3,5,13-14H,2,4,6H2,(H,12,15)(H,16,17). The molecule has 1 aromatic rings. The minimum Gasteiger partial charge on any atom is -0.504 e. The molecule has 4 N–H and O–H groups in total. The number of rotatable bonds is 5. The fourth-order valence-corrected chi connectivity index (χ4v) is 1.24. The van der Waals surface area contributed by atoms with Gasteiger partial charge in [-0.05, 0) is 24.1 Å². The van der Waals surface area contributed by atoms with Crippen LogP contribution >= 0.6 is 0 Å². The van der Waals surface area contributed by atoms with Crippen LogP contribution in [0.3, 0.4) is 0 Å². The van der Waals surface area contributed by atoms with Gasteiger partial charge in [-0.15, -0.1) is 0 Å². The van der Waals surface area contributed by atoms with E-state index in [1.165, 1.54) is 12.1 Å². The average Bonchev–Trinajstić information content (AvgIpc) is 2.28. The van der Waals surface area contributed by atoms with Gasteiger partial charge in [0.15, 0.2) is 11.5 Å². The van der Waals surface area contributed by atoms with E-state index < -0.39 is 12.5 Å². The Morgan fingerprint density at radius 2 is 1.88 bits per heavy atom. The van der Waals surface area contributed by atoms with Crippen LogP contribution in [-0.4, -0.2) is 33.7 Å². The zero-order chi connectivity index (χ0) is 12.8. The van der Waals surface area contributed by atoms with Crippen molar-refractivity contribution in [3.8, 4) is 11.5 Å². The van der Waals surface area contributed by atoms with Gasteiger partial charge in [-0.1, -0.05) is 6.07 Å². The van der Waals surface area contributed by atoms with E-state index in [0.717, 1.165) is 0 Å². The maximum Gasteiger partial charge on any atom is 0.322 e. The van der Waals surface area contributed by atoms with Gasteiger partial charge in [-0.2, -0.15) is 0 Å². The topological polar surface area (TPSA) is 107 Å². The number of benzene rings is 1. The Hall–Kier alpha value is -2.24. The third-order valence-electron chi connectivity index (χ3n) is 2.12. The average molecular weight is 239 g/mol. The van der Waals surface area contributed by atoms with Gasteiger partial charge < -0.3 is 20.6 Å². The lowest BCUT2D eigenvalue weighted by atomic mass is 10.1. The van der Waals surface area contributed by atoms with Crippen molar-refractivity contribution in [1.82, 2.24) is 5.32 Å². The summed E-state index contributed by atoms with van der Waals surface area (Å²) >= 11 is 0. The number of aliphatic carboxylic acids is 1. The fraction of sp³-hybridized carbons (Fsp3) is 0.273. The van der Waals surface area contributed by atoms with Crippen molar-refractivity contribution in [2.45, 2.75) is 12.8 Å². The Balaban J connectivity index is 2.42. The van der Waals surface area contributed by atoms with Crippen LogP contribution in [0.25, 0.3) is 0 Å². The molecule has 0 aliphatic carbocycles. The van der Waals surface area contributed by atoms with Gasteiger partial charge in [-0.25, -0.2) is 0 Å². The molecule has 6 heteroatoms. The summed E-state index contributed by atoms with van der Waals surface area (Å²) in [7, 11) is 0. The van der Waals surface area contributed by atoms with Crippen molar-refractivity contribution in [3.63, 3.8) is 0 Å². The predicted molar refractivity (Wildman–Crippen MR) is 58.7 cm³/mol. The van der Waals surface area contributed by atoms with Crippen molar-refractivity contribution < 1.29 is 24.9 Å². The van der Waals surface area contributed by atoms with Gasteiger partial charge in [-0.3, -0.25) is 9.59 Å². The van der Waals surface area contributed by atoms with Crippen molar-refractivity contribution in [1.29, 1.82) is 0 Å². The molecule has 92 valence electrons. The number of phenolic OH excluding ortho intramolecular Hbond substituents is 2. The van der Waals surface area contributed by atoms with Crippen LogP contribution in [0.2, 0.25) is 0 Å². The van der Waals surface area contributed by atoms with Crippen molar-refractivity contribution >= 4 is 11.9 Å². The summed E-state index contributed by atoms with van der Waals surface area (Å²) in [4.78, 5) is 21.4. The fourth-order valence-electron chi connectivity index (χ4n) is 1.24. The largest absolute Gasteiger partial charge is 0.504 e. The summed E-state index contributed by atoms with van der Waals surface area (Å²) in [6, 6.07) is 4.28. The third kappa shape index (κ3) is 4.42. The maximum atomic E-state index is 11.2. The zero-order valence-corrected chi connectivity index (χ0v) is 9.01. The summed E-state index contributed by atoms with van der Waals surface area (Å²) in [6.07, 6.45) is 0.483. The van der Waals surface area contributed by atoms with Crippen LogP contribution in [-0.2, 0) is 16.0 Å². The van der Waals surface area contributed by atoms with Gasteiger partial charge in [0.05, 0.1) is 0 Å². The maximum absolute atomic E-state index is 11.2.